The number of rotatable bonds is 8. The summed E-state index contributed by atoms with van der Waals surface area (Å²) in [6.07, 6.45) is 3.80. The Labute approximate surface area is 115 Å². The van der Waals surface area contributed by atoms with Crippen LogP contribution in [0.5, 0.6) is 0 Å². The molecule has 0 aliphatic heterocycles. The molecule has 0 fully saturated rings. The lowest BCUT2D eigenvalue weighted by atomic mass is 10.3. The number of methoxy groups -OCH3 is 1. The number of unbranched alkanes of at least 4 members (excludes halogenated alkanes) is 1. The molecule has 6 nitrogen and oxygen atoms in total. The summed E-state index contributed by atoms with van der Waals surface area (Å²) >= 11 is 0. The number of nitrogen functional groups attached to an aromatic ring is 1. The van der Waals surface area contributed by atoms with E-state index in [4.69, 9.17) is 10.5 Å². The Kier molecular flexibility index (Phi) is 6.35. The summed E-state index contributed by atoms with van der Waals surface area (Å²) < 4.78 is 5.09. The van der Waals surface area contributed by atoms with E-state index in [0.29, 0.717) is 18.1 Å². The van der Waals surface area contributed by atoms with Gasteiger partial charge in [0.05, 0.1) is 6.61 Å². The fraction of sp³-hybridized carbons (Fsp3) is 0.692. The molecule has 1 heterocycles. The number of nitrogens with one attached hydrogen (secondary N) is 1. The smallest absolute Gasteiger partial charge is 0.157 e. The van der Waals surface area contributed by atoms with Crippen molar-refractivity contribution in [1.82, 2.24) is 9.97 Å². The molecule has 1 atom stereocenters. The summed E-state index contributed by atoms with van der Waals surface area (Å²) in [6, 6.07) is 0.149. The zero-order chi connectivity index (χ0) is 14.3. The van der Waals surface area contributed by atoms with Crippen LogP contribution >= 0.6 is 0 Å². The molecule has 1 rings (SSSR count). The highest BCUT2D eigenvalue weighted by Crippen LogP contribution is 2.25. The second-order valence-electron chi connectivity index (χ2n) is 4.74. The third kappa shape index (κ3) is 4.55. The molecule has 0 aliphatic rings. The van der Waals surface area contributed by atoms with E-state index in [1.807, 2.05) is 14.0 Å². The Hall–Kier alpha value is -1.56. The van der Waals surface area contributed by atoms with E-state index in [0.717, 1.165) is 25.2 Å². The number of aromatic nitrogens is 2. The van der Waals surface area contributed by atoms with E-state index in [1.54, 1.807) is 7.11 Å². The Morgan fingerprint density at radius 2 is 2.21 bits per heavy atom. The molecule has 0 aliphatic carbocycles. The molecule has 3 N–H and O–H groups in total. The summed E-state index contributed by atoms with van der Waals surface area (Å²) in [5, 5.41) is 3.23. The fourth-order valence-electron chi connectivity index (χ4n) is 1.83. The van der Waals surface area contributed by atoms with Gasteiger partial charge in [-0.05, 0) is 13.3 Å². The third-order valence-electron chi connectivity index (χ3n) is 2.87. The second kappa shape index (κ2) is 7.78. The summed E-state index contributed by atoms with van der Waals surface area (Å²) in [4.78, 5) is 10.5. The predicted octanol–water partition coefficient (Wildman–Crippen LogP) is 1.74. The van der Waals surface area contributed by atoms with Gasteiger partial charge < -0.3 is 20.7 Å². The van der Waals surface area contributed by atoms with Gasteiger partial charge in [-0.3, -0.25) is 0 Å². The minimum absolute atomic E-state index is 0.149. The van der Waals surface area contributed by atoms with Crippen molar-refractivity contribution in [3.8, 4) is 0 Å². The first-order valence-electron chi connectivity index (χ1n) is 6.67. The van der Waals surface area contributed by atoms with Crippen LogP contribution in [0.4, 0.5) is 17.3 Å². The van der Waals surface area contributed by atoms with Crippen molar-refractivity contribution in [2.75, 3.05) is 43.3 Å². The molecular weight excluding hydrogens is 242 g/mol. The van der Waals surface area contributed by atoms with Crippen LogP contribution in [0.1, 0.15) is 26.7 Å². The first-order chi connectivity index (χ1) is 9.10. The molecule has 0 saturated carbocycles. The van der Waals surface area contributed by atoms with Crippen molar-refractivity contribution in [3.63, 3.8) is 0 Å². The minimum Gasteiger partial charge on any atom is -0.393 e. The first-order valence-corrected chi connectivity index (χ1v) is 6.67. The lowest BCUT2D eigenvalue weighted by Gasteiger charge is -2.21. The molecule has 1 aromatic heterocycles. The molecule has 19 heavy (non-hydrogen) atoms. The summed E-state index contributed by atoms with van der Waals surface area (Å²) in [7, 11) is 3.67. The van der Waals surface area contributed by atoms with Gasteiger partial charge >= 0.3 is 0 Å². The molecule has 6 heteroatoms. The van der Waals surface area contributed by atoms with Crippen LogP contribution in [0.2, 0.25) is 0 Å². The number of ether oxygens (including phenoxy) is 1. The lowest BCUT2D eigenvalue weighted by Crippen LogP contribution is -2.25. The van der Waals surface area contributed by atoms with Crippen LogP contribution in [-0.4, -0.2) is 43.3 Å². The molecule has 0 radical (unpaired) electrons. The quantitative estimate of drug-likeness (QED) is 0.747. The zero-order valence-electron chi connectivity index (χ0n) is 12.3. The van der Waals surface area contributed by atoms with Gasteiger partial charge in [-0.2, -0.15) is 0 Å². The first kappa shape index (κ1) is 15.5. The molecule has 0 spiro atoms. The van der Waals surface area contributed by atoms with Crippen LogP contribution in [0.25, 0.3) is 0 Å². The highest BCUT2D eigenvalue weighted by atomic mass is 16.5. The molecule has 0 bridgehead atoms. The minimum atomic E-state index is 0.149. The maximum absolute atomic E-state index is 6.13. The highest BCUT2D eigenvalue weighted by Gasteiger charge is 2.13. The fourth-order valence-corrected chi connectivity index (χ4v) is 1.83. The van der Waals surface area contributed by atoms with E-state index in [-0.39, 0.29) is 6.04 Å². The zero-order valence-corrected chi connectivity index (χ0v) is 12.3. The van der Waals surface area contributed by atoms with E-state index < -0.39 is 0 Å². The second-order valence-corrected chi connectivity index (χ2v) is 4.74. The van der Waals surface area contributed by atoms with Crippen molar-refractivity contribution in [2.24, 2.45) is 0 Å². The lowest BCUT2D eigenvalue weighted by molar-refractivity contribution is 0.190. The predicted molar refractivity (Wildman–Crippen MR) is 79.6 cm³/mol. The molecule has 108 valence electrons. The SMILES string of the molecule is CCCCN(C)c1ncnc(NC(C)COC)c1N. The average Bonchev–Trinajstić information content (AvgIpc) is 2.38. The van der Waals surface area contributed by atoms with Gasteiger partial charge in [0.2, 0.25) is 0 Å². The molecule has 0 aromatic carbocycles. The molecule has 1 unspecified atom stereocenters. The summed E-state index contributed by atoms with van der Waals surface area (Å²) in [5.41, 5.74) is 6.72. The maximum Gasteiger partial charge on any atom is 0.157 e. The van der Waals surface area contributed by atoms with Crippen LogP contribution in [0.15, 0.2) is 6.33 Å². The number of nitrogens with two attached hydrogens (primary N) is 1. The topological polar surface area (TPSA) is 76.3 Å². The number of anilines is 3. The van der Waals surface area contributed by atoms with Gasteiger partial charge in [0.15, 0.2) is 11.6 Å². The van der Waals surface area contributed by atoms with Crippen molar-refractivity contribution in [2.45, 2.75) is 32.7 Å². The molecular formula is C13H25N5O. The Balaban J connectivity index is 2.79. The van der Waals surface area contributed by atoms with Gasteiger partial charge in [0.1, 0.15) is 12.0 Å². The third-order valence-corrected chi connectivity index (χ3v) is 2.87. The van der Waals surface area contributed by atoms with Gasteiger partial charge in [0, 0.05) is 26.7 Å². The number of nitrogens with zero attached hydrogens (tertiary/aromatic N) is 3. The normalized spacial score (nSPS) is 12.2. The monoisotopic (exact) mass is 267 g/mol. The van der Waals surface area contributed by atoms with Gasteiger partial charge in [-0.1, -0.05) is 13.3 Å². The largest absolute Gasteiger partial charge is 0.393 e. The number of hydrogen-bond acceptors (Lipinski definition) is 6. The summed E-state index contributed by atoms with van der Waals surface area (Å²) in [6.45, 7) is 5.72. The number of hydrogen-bond donors (Lipinski definition) is 2. The van der Waals surface area contributed by atoms with Crippen LogP contribution in [0.3, 0.4) is 0 Å². The van der Waals surface area contributed by atoms with Gasteiger partial charge in [-0.15, -0.1) is 0 Å². The van der Waals surface area contributed by atoms with Crippen molar-refractivity contribution in [1.29, 1.82) is 0 Å². The Bertz CT molecular complexity index is 385. The summed E-state index contributed by atoms with van der Waals surface area (Å²) in [5.74, 6) is 1.44. The van der Waals surface area contributed by atoms with Crippen LogP contribution in [0, 0.1) is 0 Å². The average molecular weight is 267 g/mol. The standard InChI is InChI=1S/C13H25N5O/c1-5-6-7-18(3)13-11(14)12(15-9-16-13)17-10(2)8-19-4/h9-10H,5-8,14H2,1-4H3,(H,15,16,17). The van der Waals surface area contributed by atoms with Crippen molar-refractivity contribution >= 4 is 17.3 Å². The van der Waals surface area contributed by atoms with Gasteiger partial charge in [0.25, 0.3) is 0 Å². The highest BCUT2D eigenvalue weighted by molar-refractivity contribution is 5.74. The van der Waals surface area contributed by atoms with Crippen molar-refractivity contribution in [3.05, 3.63) is 6.33 Å². The van der Waals surface area contributed by atoms with E-state index in [9.17, 15) is 0 Å². The maximum atomic E-state index is 6.13. The van der Waals surface area contributed by atoms with Crippen LogP contribution < -0.4 is 16.0 Å². The molecule has 0 saturated heterocycles. The van der Waals surface area contributed by atoms with Crippen molar-refractivity contribution < 1.29 is 4.74 Å². The van der Waals surface area contributed by atoms with Crippen LogP contribution in [-0.2, 0) is 4.74 Å². The Morgan fingerprint density at radius 3 is 2.84 bits per heavy atom. The Morgan fingerprint density at radius 1 is 1.47 bits per heavy atom. The van der Waals surface area contributed by atoms with E-state index in [2.05, 4.69) is 27.1 Å². The van der Waals surface area contributed by atoms with E-state index in [1.165, 1.54) is 6.33 Å². The van der Waals surface area contributed by atoms with Gasteiger partial charge in [-0.25, -0.2) is 9.97 Å². The van der Waals surface area contributed by atoms with E-state index >= 15 is 0 Å². The molecule has 0 amide bonds. The molecule has 1 aromatic rings.